The van der Waals surface area contributed by atoms with Crippen molar-refractivity contribution in [3.8, 4) is 5.75 Å². The minimum atomic E-state index is -3.15. The third-order valence-electron chi connectivity index (χ3n) is 8.15. The molecule has 3 atom stereocenters. The van der Waals surface area contributed by atoms with Crippen LogP contribution in [0, 0.1) is 13.8 Å². The first-order valence-electron chi connectivity index (χ1n) is 14.7. The molecule has 6 rings (SSSR count). The van der Waals surface area contributed by atoms with Crippen LogP contribution in [0.25, 0.3) is 0 Å². The lowest BCUT2D eigenvalue weighted by Crippen LogP contribution is -2.09. The minimum Gasteiger partial charge on any atom is -0.450 e. The summed E-state index contributed by atoms with van der Waals surface area (Å²) in [6.45, 7) is 9.94. The summed E-state index contributed by atoms with van der Waals surface area (Å²) in [5, 5.41) is 0. The molecule has 0 radical (unpaired) electrons. The van der Waals surface area contributed by atoms with Gasteiger partial charge in [-0.05, 0) is 77.8 Å². The van der Waals surface area contributed by atoms with E-state index in [1.165, 1.54) is 5.56 Å². The molecule has 7 nitrogen and oxygen atoms in total. The normalized spacial score (nSPS) is 18.4. The molecule has 0 saturated carbocycles. The predicted molar refractivity (Wildman–Crippen MR) is 167 cm³/mol. The van der Waals surface area contributed by atoms with Crippen molar-refractivity contribution in [3.05, 3.63) is 134 Å². The Morgan fingerprint density at radius 1 is 0.773 bits per heavy atom. The maximum absolute atomic E-state index is 13.5. The van der Waals surface area contributed by atoms with Crippen LogP contribution in [0.5, 0.6) is 5.75 Å². The third-order valence-corrected chi connectivity index (χ3v) is 9.73. The van der Waals surface area contributed by atoms with Crippen LogP contribution in [-0.4, -0.2) is 18.6 Å². The van der Waals surface area contributed by atoms with E-state index < -0.39 is 25.9 Å². The Hall–Kier alpha value is -4.19. The molecule has 2 heterocycles. The molecule has 0 fully saturated rings. The van der Waals surface area contributed by atoms with Crippen LogP contribution in [0.4, 0.5) is 0 Å². The molecule has 0 saturated heterocycles. The molecule has 0 amide bonds. The molecule has 0 bridgehead atoms. The van der Waals surface area contributed by atoms with Crippen LogP contribution in [0.1, 0.15) is 97.6 Å². The zero-order valence-electron chi connectivity index (χ0n) is 25.5. The Balaban J connectivity index is 1.18. The molecule has 0 aliphatic carbocycles. The summed E-state index contributed by atoms with van der Waals surface area (Å²) in [6.07, 6.45) is -0.792. The van der Waals surface area contributed by atoms with Crippen LogP contribution >= 0.6 is 7.37 Å². The largest absolute Gasteiger partial charge is 0.450 e. The lowest BCUT2D eigenvalue weighted by Gasteiger charge is -2.21. The van der Waals surface area contributed by atoms with Gasteiger partial charge >= 0.3 is 11.9 Å². The number of rotatable bonds is 9. The molecule has 3 unspecified atom stereocenters. The quantitative estimate of drug-likeness (QED) is 0.139. The van der Waals surface area contributed by atoms with Crippen LogP contribution in [0.3, 0.4) is 0 Å². The maximum Gasteiger partial charge on any atom is 0.342 e. The Bertz CT molecular complexity index is 1800. The number of hydrogen-bond acceptors (Lipinski definition) is 7. The molecule has 4 aromatic rings. The van der Waals surface area contributed by atoms with Crippen molar-refractivity contribution in [2.24, 2.45) is 0 Å². The second-order valence-electron chi connectivity index (χ2n) is 12.0. The van der Waals surface area contributed by atoms with E-state index in [1.807, 2.05) is 30.3 Å². The molecular weight excluding hydrogens is 575 g/mol. The minimum absolute atomic E-state index is 0.187. The van der Waals surface area contributed by atoms with Crippen LogP contribution in [0.15, 0.2) is 78.9 Å². The van der Waals surface area contributed by atoms with Gasteiger partial charge in [0.25, 0.3) is 6.29 Å². The van der Waals surface area contributed by atoms with Crippen LogP contribution in [0.2, 0.25) is 0 Å². The van der Waals surface area contributed by atoms with E-state index in [2.05, 4.69) is 45.9 Å². The van der Waals surface area contributed by atoms with Crippen molar-refractivity contribution in [3.63, 3.8) is 0 Å². The molecule has 2 aliphatic rings. The molecule has 0 aromatic heterocycles. The Kier molecular flexibility index (Phi) is 7.95. The summed E-state index contributed by atoms with van der Waals surface area (Å²) in [5.41, 5.74) is 8.79. The highest BCUT2D eigenvalue weighted by Gasteiger charge is 2.36. The van der Waals surface area contributed by atoms with Gasteiger partial charge in [0.2, 0.25) is 13.7 Å². The summed E-state index contributed by atoms with van der Waals surface area (Å²) in [6, 6.07) is 24.6. The Morgan fingerprint density at radius 3 is 1.95 bits per heavy atom. The number of ether oxygens (including phenoxy) is 3. The van der Waals surface area contributed by atoms with E-state index in [9.17, 15) is 14.2 Å². The average molecular weight is 611 g/mol. The summed E-state index contributed by atoms with van der Waals surface area (Å²) in [5.74, 6) is 0.0400. The fraction of sp³-hybridized carbons (Fsp3) is 0.278. The van der Waals surface area contributed by atoms with Crippen molar-refractivity contribution in [2.75, 3.05) is 6.66 Å². The highest BCUT2D eigenvalue weighted by Crippen LogP contribution is 2.52. The van der Waals surface area contributed by atoms with Crippen LogP contribution in [-0.2, 0) is 31.1 Å². The molecule has 0 spiro atoms. The Morgan fingerprint density at radius 2 is 1.34 bits per heavy atom. The lowest BCUT2D eigenvalue weighted by atomic mass is 9.92. The van der Waals surface area contributed by atoms with Gasteiger partial charge in [-0.25, -0.2) is 9.59 Å². The third kappa shape index (κ3) is 5.95. The molecule has 226 valence electrons. The molecule has 2 aliphatic heterocycles. The molecule has 44 heavy (non-hydrogen) atoms. The second kappa shape index (κ2) is 11.7. The summed E-state index contributed by atoms with van der Waals surface area (Å²) < 4.78 is 36.6. The van der Waals surface area contributed by atoms with E-state index in [0.29, 0.717) is 28.9 Å². The van der Waals surface area contributed by atoms with Gasteiger partial charge in [0.05, 0.1) is 11.1 Å². The number of carbonyl (C=O) groups is 2. The van der Waals surface area contributed by atoms with E-state index in [0.717, 1.165) is 33.4 Å². The first-order valence-corrected chi connectivity index (χ1v) is 17.0. The molecule has 8 heteroatoms. The van der Waals surface area contributed by atoms with Gasteiger partial charge in [-0.3, -0.25) is 9.09 Å². The molecule has 0 N–H and O–H groups in total. The van der Waals surface area contributed by atoms with Gasteiger partial charge in [0.15, 0.2) is 0 Å². The number of cyclic esters (lactones) is 2. The Labute approximate surface area is 257 Å². The van der Waals surface area contributed by atoms with E-state index in [-0.39, 0.29) is 18.0 Å². The maximum atomic E-state index is 13.5. The van der Waals surface area contributed by atoms with Crippen molar-refractivity contribution in [1.29, 1.82) is 0 Å². The molecular formula is C36H35O7P. The number of hydrogen-bond donors (Lipinski definition) is 0. The van der Waals surface area contributed by atoms with Gasteiger partial charge in [0.1, 0.15) is 5.75 Å². The van der Waals surface area contributed by atoms with Gasteiger partial charge in [-0.2, -0.15) is 0 Å². The zero-order chi connectivity index (χ0) is 31.2. The van der Waals surface area contributed by atoms with Gasteiger partial charge in [0, 0.05) is 24.0 Å². The summed E-state index contributed by atoms with van der Waals surface area (Å²) >= 11 is 0. The second-order valence-corrected chi connectivity index (χ2v) is 14.5. The van der Waals surface area contributed by atoms with Crippen molar-refractivity contribution < 1.29 is 32.9 Å². The van der Waals surface area contributed by atoms with Crippen molar-refractivity contribution >= 4 is 19.3 Å². The fourth-order valence-electron chi connectivity index (χ4n) is 6.00. The van der Waals surface area contributed by atoms with Crippen molar-refractivity contribution in [2.45, 2.75) is 58.8 Å². The van der Waals surface area contributed by atoms with E-state index >= 15 is 0 Å². The van der Waals surface area contributed by atoms with E-state index in [1.54, 1.807) is 37.0 Å². The SMILES string of the molecule is Cc1cc(CP(C)(=O)OC2OC(=O)c3ccccc32)cc(C)c1Cc1ccc(OC2OC(=O)c3ccccc32)c(C(C)C)c1. The smallest absolute Gasteiger partial charge is 0.342 e. The highest BCUT2D eigenvalue weighted by molar-refractivity contribution is 7.57. The average Bonchev–Trinajstić information content (AvgIpc) is 3.46. The molecule has 4 aromatic carbocycles. The van der Waals surface area contributed by atoms with E-state index in [4.69, 9.17) is 18.7 Å². The fourth-order valence-corrected chi connectivity index (χ4v) is 7.48. The standard InChI is InChI=1S/C36H35O7P/c1-21(2)30-18-24(14-15-32(30)40-35-28-12-8-6-10-26(28)33(37)41-35)19-31-22(3)16-25(17-23(31)4)20-44(5,39)43-36-29-13-9-7-11-27(29)34(38)42-36/h6-18,21,35-36H,19-20H2,1-5H3. The topological polar surface area (TPSA) is 88.1 Å². The number of benzene rings is 4. The van der Waals surface area contributed by atoms with Gasteiger partial charge in [-0.15, -0.1) is 0 Å². The number of aryl methyl sites for hydroxylation is 2. The monoisotopic (exact) mass is 610 g/mol. The number of fused-ring (bicyclic) bond motifs is 2. The first-order chi connectivity index (χ1) is 21.0. The predicted octanol–water partition coefficient (Wildman–Crippen LogP) is 8.56. The summed E-state index contributed by atoms with van der Waals surface area (Å²) in [7, 11) is -3.15. The van der Waals surface area contributed by atoms with Gasteiger partial charge in [-0.1, -0.05) is 74.5 Å². The lowest BCUT2D eigenvalue weighted by molar-refractivity contribution is -0.0390. The van der Waals surface area contributed by atoms with Crippen molar-refractivity contribution in [1.82, 2.24) is 0 Å². The number of carbonyl (C=O) groups excluding carboxylic acids is 2. The van der Waals surface area contributed by atoms with Crippen LogP contribution < -0.4 is 4.74 Å². The summed E-state index contributed by atoms with van der Waals surface area (Å²) in [4.78, 5) is 24.5. The first kappa shape index (κ1) is 29.9. The zero-order valence-corrected chi connectivity index (χ0v) is 26.4. The highest BCUT2D eigenvalue weighted by atomic mass is 31.2. The van der Waals surface area contributed by atoms with Gasteiger partial charge < -0.3 is 14.2 Å². The number of esters is 2.